The van der Waals surface area contributed by atoms with E-state index in [1.165, 1.54) is 43.5 Å². The molecule has 0 aliphatic carbocycles. The highest BCUT2D eigenvalue weighted by atomic mass is 32.2. The van der Waals surface area contributed by atoms with Crippen molar-refractivity contribution in [2.75, 3.05) is 0 Å². The Morgan fingerprint density at radius 1 is 1.16 bits per heavy atom. The smallest absolute Gasteiger partial charge is 0.331 e. The fourth-order valence-electron chi connectivity index (χ4n) is 2.69. The number of carbonyl (C=O) groups excluding carboxylic acids is 1. The lowest BCUT2D eigenvalue weighted by atomic mass is 10.1. The fourth-order valence-corrected chi connectivity index (χ4v) is 3.68. The Hall–Kier alpha value is -3.30. The van der Waals surface area contributed by atoms with E-state index in [-0.39, 0.29) is 17.0 Å². The average molecular weight is 447 g/mol. The van der Waals surface area contributed by atoms with Gasteiger partial charge in [-0.25, -0.2) is 26.7 Å². The first-order valence-electron chi connectivity index (χ1n) is 9.20. The highest BCUT2D eigenvalue weighted by molar-refractivity contribution is 7.89. The van der Waals surface area contributed by atoms with Crippen molar-refractivity contribution in [2.24, 2.45) is 0 Å². The van der Waals surface area contributed by atoms with Crippen LogP contribution in [0.4, 0.5) is 8.78 Å². The Morgan fingerprint density at radius 2 is 1.90 bits per heavy atom. The van der Waals surface area contributed by atoms with Crippen molar-refractivity contribution in [3.8, 4) is 0 Å². The van der Waals surface area contributed by atoms with Gasteiger partial charge in [0, 0.05) is 11.6 Å². The highest BCUT2D eigenvalue weighted by Crippen LogP contribution is 2.21. The number of carbonyl (C=O) groups is 1. The predicted octanol–water partition coefficient (Wildman–Crippen LogP) is 4.35. The van der Waals surface area contributed by atoms with E-state index in [0.29, 0.717) is 11.3 Å². The van der Waals surface area contributed by atoms with Crippen LogP contribution in [0.5, 0.6) is 0 Å². The quantitative estimate of drug-likeness (QED) is 0.410. The number of halogens is 2. The standard InChI is InChI=1S/C22H19F2NO5S/c1-15(20-13-17(23)7-10-21(20)24)30-22(26)11-6-16-4-8-19(9-5-16)31(27,28)25-14-18-3-2-12-29-18/h2-13,15,25H,14H2,1H3. The molecular formula is C22H19F2NO5S. The molecular weight excluding hydrogens is 428 g/mol. The summed E-state index contributed by atoms with van der Waals surface area (Å²) in [6.07, 6.45) is 3.00. The van der Waals surface area contributed by atoms with Gasteiger partial charge in [0.15, 0.2) is 0 Å². The third-order valence-electron chi connectivity index (χ3n) is 4.31. The van der Waals surface area contributed by atoms with Gasteiger partial charge < -0.3 is 9.15 Å². The van der Waals surface area contributed by atoms with Gasteiger partial charge >= 0.3 is 5.97 Å². The van der Waals surface area contributed by atoms with E-state index in [2.05, 4.69) is 4.72 Å². The zero-order valence-corrected chi connectivity index (χ0v) is 17.2. The van der Waals surface area contributed by atoms with E-state index in [1.54, 1.807) is 12.1 Å². The van der Waals surface area contributed by atoms with Crippen LogP contribution >= 0.6 is 0 Å². The number of hydrogen-bond acceptors (Lipinski definition) is 5. The van der Waals surface area contributed by atoms with Gasteiger partial charge in [0.05, 0.1) is 17.7 Å². The van der Waals surface area contributed by atoms with Crippen LogP contribution in [-0.2, 0) is 26.1 Å². The topological polar surface area (TPSA) is 85.6 Å². The first kappa shape index (κ1) is 22.4. The Balaban J connectivity index is 1.59. The van der Waals surface area contributed by atoms with Crippen molar-refractivity contribution in [2.45, 2.75) is 24.5 Å². The SMILES string of the molecule is CC(OC(=O)C=Cc1ccc(S(=O)(=O)NCc2ccco2)cc1)c1cc(F)ccc1F. The van der Waals surface area contributed by atoms with Crippen LogP contribution in [0.1, 0.15) is 29.9 Å². The predicted molar refractivity (Wildman–Crippen MR) is 109 cm³/mol. The minimum atomic E-state index is -3.73. The van der Waals surface area contributed by atoms with Gasteiger partial charge in [-0.05, 0) is 61.0 Å². The van der Waals surface area contributed by atoms with Gasteiger partial charge in [-0.15, -0.1) is 0 Å². The lowest BCUT2D eigenvalue weighted by molar-refractivity contribution is -0.142. The van der Waals surface area contributed by atoms with Crippen LogP contribution in [-0.4, -0.2) is 14.4 Å². The summed E-state index contributed by atoms with van der Waals surface area (Å²) in [5, 5.41) is 0. The van der Waals surface area contributed by atoms with Crippen LogP contribution < -0.4 is 4.72 Å². The summed E-state index contributed by atoms with van der Waals surface area (Å²) in [6, 6.07) is 12.0. The van der Waals surface area contributed by atoms with E-state index in [4.69, 9.17) is 9.15 Å². The molecule has 3 rings (SSSR count). The molecule has 162 valence electrons. The van der Waals surface area contributed by atoms with Crippen molar-refractivity contribution in [3.63, 3.8) is 0 Å². The molecule has 0 fully saturated rings. The molecule has 0 amide bonds. The van der Waals surface area contributed by atoms with Crippen LogP contribution in [0.15, 0.2) is 76.2 Å². The molecule has 1 aromatic heterocycles. The van der Waals surface area contributed by atoms with Crippen molar-refractivity contribution in [3.05, 3.63) is 95.5 Å². The molecule has 9 heteroatoms. The lowest BCUT2D eigenvalue weighted by Gasteiger charge is -2.13. The molecule has 0 saturated heterocycles. The summed E-state index contributed by atoms with van der Waals surface area (Å²) in [5.41, 5.74) is 0.477. The molecule has 1 atom stereocenters. The Labute approximate surface area is 178 Å². The van der Waals surface area contributed by atoms with Gasteiger partial charge in [0.25, 0.3) is 0 Å². The van der Waals surface area contributed by atoms with Gasteiger partial charge in [0.2, 0.25) is 10.0 Å². The van der Waals surface area contributed by atoms with E-state index < -0.39 is 33.7 Å². The summed E-state index contributed by atoms with van der Waals surface area (Å²) >= 11 is 0. The second-order valence-corrected chi connectivity index (χ2v) is 8.32. The van der Waals surface area contributed by atoms with Gasteiger partial charge in [-0.1, -0.05) is 12.1 Å². The molecule has 0 bridgehead atoms. The van der Waals surface area contributed by atoms with Crippen LogP contribution in [0, 0.1) is 11.6 Å². The Bertz CT molecular complexity index is 1170. The number of esters is 1. The average Bonchev–Trinajstić information content (AvgIpc) is 3.26. The van der Waals surface area contributed by atoms with Gasteiger partial charge in [-0.3, -0.25) is 0 Å². The third kappa shape index (κ3) is 6.09. The summed E-state index contributed by atoms with van der Waals surface area (Å²) in [5.74, 6) is -1.59. The van der Waals surface area contributed by atoms with Crippen molar-refractivity contribution in [1.82, 2.24) is 4.72 Å². The van der Waals surface area contributed by atoms with Crippen molar-refractivity contribution >= 4 is 22.1 Å². The zero-order chi connectivity index (χ0) is 22.4. The van der Waals surface area contributed by atoms with E-state index in [9.17, 15) is 22.0 Å². The number of furan rings is 1. The normalized spacial score (nSPS) is 12.7. The Kier molecular flexibility index (Phi) is 6.98. The Morgan fingerprint density at radius 3 is 2.58 bits per heavy atom. The summed E-state index contributed by atoms with van der Waals surface area (Å²) < 4.78 is 64.3. The maximum Gasteiger partial charge on any atom is 0.331 e. The van der Waals surface area contributed by atoms with Crippen LogP contribution in [0.25, 0.3) is 6.08 Å². The molecule has 6 nitrogen and oxygen atoms in total. The maximum atomic E-state index is 13.8. The molecule has 1 unspecified atom stereocenters. The van der Waals surface area contributed by atoms with Crippen LogP contribution in [0.3, 0.4) is 0 Å². The van der Waals surface area contributed by atoms with Crippen molar-refractivity contribution < 1.29 is 31.1 Å². The second-order valence-electron chi connectivity index (χ2n) is 6.55. The van der Waals surface area contributed by atoms with E-state index in [0.717, 1.165) is 24.3 Å². The first-order chi connectivity index (χ1) is 14.7. The molecule has 0 aliphatic heterocycles. The summed E-state index contributed by atoms with van der Waals surface area (Å²) in [6.45, 7) is 1.45. The minimum Gasteiger partial charge on any atom is -0.468 e. The third-order valence-corrected chi connectivity index (χ3v) is 5.72. The molecule has 2 aromatic carbocycles. The zero-order valence-electron chi connectivity index (χ0n) is 16.4. The largest absolute Gasteiger partial charge is 0.468 e. The number of benzene rings is 2. The molecule has 31 heavy (non-hydrogen) atoms. The van der Waals surface area contributed by atoms with Crippen molar-refractivity contribution in [1.29, 1.82) is 0 Å². The number of hydrogen-bond donors (Lipinski definition) is 1. The van der Waals surface area contributed by atoms with E-state index >= 15 is 0 Å². The summed E-state index contributed by atoms with van der Waals surface area (Å²) in [7, 11) is -3.73. The molecule has 0 radical (unpaired) electrons. The molecule has 3 aromatic rings. The van der Waals surface area contributed by atoms with Gasteiger partial charge in [0.1, 0.15) is 23.5 Å². The number of sulfonamides is 1. The lowest BCUT2D eigenvalue weighted by Crippen LogP contribution is -2.22. The number of rotatable bonds is 8. The molecule has 0 saturated carbocycles. The number of ether oxygens (including phenoxy) is 1. The van der Waals surface area contributed by atoms with Crippen LogP contribution in [0.2, 0.25) is 0 Å². The maximum absolute atomic E-state index is 13.8. The van der Waals surface area contributed by atoms with Gasteiger partial charge in [-0.2, -0.15) is 0 Å². The molecule has 0 spiro atoms. The summed E-state index contributed by atoms with van der Waals surface area (Å²) in [4.78, 5) is 12.0. The van der Waals surface area contributed by atoms with E-state index in [1.807, 2.05) is 0 Å². The molecule has 1 heterocycles. The highest BCUT2D eigenvalue weighted by Gasteiger charge is 2.16. The number of nitrogens with one attached hydrogen (secondary N) is 1. The first-order valence-corrected chi connectivity index (χ1v) is 10.7. The minimum absolute atomic E-state index is 0.0208. The second kappa shape index (κ2) is 9.67. The monoisotopic (exact) mass is 447 g/mol. The fraction of sp³-hybridized carbons (Fsp3) is 0.136. The molecule has 0 aliphatic rings. The molecule has 1 N–H and O–H groups in total.